The average Bonchev–Trinajstić information content (AvgIpc) is 1.63. The zero-order chi connectivity index (χ0) is 58.0. The predicted octanol–water partition coefficient (Wildman–Crippen LogP) is 19.3. The van der Waals surface area contributed by atoms with E-state index in [0.717, 1.165) is 24.2 Å². The summed E-state index contributed by atoms with van der Waals surface area (Å²) in [6.07, 6.45) is 34.3. The third kappa shape index (κ3) is 7.86. The van der Waals surface area contributed by atoms with Gasteiger partial charge in [0.1, 0.15) is 0 Å². The molecule has 6 aliphatic carbocycles. The zero-order valence-corrected chi connectivity index (χ0v) is 49.7. The number of nitrogens with zero attached hydrogens (tertiary/aromatic N) is 3. The van der Waals surface area contributed by atoms with Gasteiger partial charge in [-0.2, -0.15) is 0 Å². The smallest absolute Gasteiger partial charge is 0.0575 e. The Morgan fingerprint density at radius 2 is 1.30 bits per heavy atom. The van der Waals surface area contributed by atoms with E-state index in [0.29, 0.717) is 11.8 Å². The highest BCUT2D eigenvalue weighted by Gasteiger charge is 2.44. The molecule has 1 aromatic heterocycles. The molecule has 0 amide bonds. The number of rotatable bonds is 10. The van der Waals surface area contributed by atoms with Gasteiger partial charge in [-0.15, -0.1) is 0 Å². The second-order valence-corrected chi connectivity index (χ2v) is 25.4. The van der Waals surface area contributed by atoms with Crippen molar-refractivity contribution in [2.75, 3.05) is 4.90 Å². The molecule has 4 atom stereocenters. The largest absolute Gasteiger partial charge is 0.312 e. The summed E-state index contributed by atoms with van der Waals surface area (Å²) >= 11 is 0. The van der Waals surface area contributed by atoms with Gasteiger partial charge in [0.25, 0.3) is 0 Å². The average molecular weight is 1110 g/mol. The second-order valence-electron chi connectivity index (χ2n) is 25.4. The SMILES string of the molecule is C=C/C=C\C(=C/C)C1=C(c2ccccc2)N(C2=CC3C=CC=CC3C=C2)C2=c3cccc(-c4ccc5c(c4)C(C)(C)c4cc(N(C6=CCC7C(=C6)C(C)(C)c6ccccc67)c6ccc7c(c6)c6ccccc6n7-c6ccccc6)ccc4-5)c3=CCC12. The third-order valence-corrected chi connectivity index (χ3v) is 20.1. The van der Waals surface area contributed by atoms with Gasteiger partial charge in [0, 0.05) is 84.6 Å². The molecule has 0 fully saturated rings. The quantitative estimate of drug-likeness (QED) is 0.126. The number of aromatic nitrogens is 1. The molecule has 0 spiro atoms. The highest BCUT2D eigenvalue weighted by Crippen LogP contribution is 2.57. The van der Waals surface area contributed by atoms with Gasteiger partial charge in [0.05, 0.1) is 16.7 Å². The lowest BCUT2D eigenvalue weighted by molar-refractivity contribution is 0.600. The molecule has 0 N–H and O–H groups in total. The maximum absolute atomic E-state index is 4.08. The van der Waals surface area contributed by atoms with Crippen molar-refractivity contribution >= 4 is 50.7 Å². The fourth-order valence-electron chi connectivity index (χ4n) is 16.1. The van der Waals surface area contributed by atoms with Gasteiger partial charge in [-0.3, -0.25) is 0 Å². The number of benzene rings is 8. The number of anilines is 2. The molecule has 0 saturated carbocycles. The second kappa shape index (κ2) is 20.0. The van der Waals surface area contributed by atoms with Crippen LogP contribution in [0.2, 0.25) is 0 Å². The van der Waals surface area contributed by atoms with E-state index in [1.54, 1.807) is 0 Å². The van der Waals surface area contributed by atoms with E-state index in [4.69, 9.17) is 0 Å². The van der Waals surface area contributed by atoms with Crippen molar-refractivity contribution in [2.45, 2.75) is 64.2 Å². The molecule has 8 aromatic carbocycles. The van der Waals surface area contributed by atoms with Crippen LogP contribution in [0.5, 0.6) is 0 Å². The summed E-state index contributed by atoms with van der Waals surface area (Å²) in [4.78, 5) is 5.19. The van der Waals surface area contributed by atoms with Gasteiger partial charge in [-0.05, 0) is 153 Å². The van der Waals surface area contributed by atoms with Crippen LogP contribution in [0.1, 0.15) is 81.2 Å². The van der Waals surface area contributed by atoms with Crippen LogP contribution in [0.15, 0.2) is 296 Å². The highest BCUT2D eigenvalue weighted by atomic mass is 15.2. The topological polar surface area (TPSA) is 11.4 Å². The van der Waals surface area contributed by atoms with Crippen molar-refractivity contribution in [3.05, 3.63) is 334 Å². The third-order valence-electron chi connectivity index (χ3n) is 20.1. The Labute approximate surface area is 506 Å². The van der Waals surface area contributed by atoms with E-state index in [-0.39, 0.29) is 22.7 Å². The summed E-state index contributed by atoms with van der Waals surface area (Å²) in [5.41, 5.74) is 26.6. The zero-order valence-electron chi connectivity index (χ0n) is 49.7. The van der Waals surface area contributed by atoms with E-state index in [1.165, 1.54) is 128 Å². The number of para-hydroxylation sites is 2. The molecule has 3 nitrogen and oxygen atoms in total. The molecule has 16 rings (SSSR count). The lowest BCUT2D eigenvalue weighted by atomic mass is 9.78. The van der Waals surface area contributed by atoms with Crippen LogP contribution in [-0.2, 0) is 10.8 Å². The Balaban J connectivity index is 0.827. The van der Waals surface area contributed by atoms with Crippen LogP contribution in [0, 0.1) is 17.8 Å². The number of fused-ring (bicyclic) bond motifs is 12. The summed E-state index contributed by atoms with van der Waals surface area (Å²) in [6, 6.07) is 68.7. The molecule has 2 heterocycles. The molecule has 3 heteroatoms. The van der Waals surface area contributed by atoms with Crippen molar-refractivity contribution in [2.24, 2.45) is 17.8 Å². The minimum atomic E-state index is -0.290. The molecule has 416 valence electrons. The summed E-state index contributed by atoms with van der Waals surface area (Å²) < 4.78 is 2.42. The first-order valence-electron chi connectivity index (χ1n) is 30.9. The van der Waals surface area contributed by atoms with Crippen LogP contribution in [-0.4, -0.2) is 9.47 Å². The molecule has 0 saturated heterocycles. The fraction of sp³-hybridized carbons (Fsp3) is 0.157. The van der Waals surface area contributed by atoms with Crippen molar-refractivity contribution < 1.29 is 0 Å². The monoisotopic (exact) mass is 1110 g/mol. The molecule has 1 aliphatic heterocycles. The molecule has 0 bridgehead atoms. The Morgan fingerprint density at radius 1 is 0.593 bits per heavy atom. The van der Waals surface area contributed by atoms with Gasteiger partial charge in [0.15, 0.2) is 0 Å². The number of hydrogen-bond donors (Lipinski definition) is 0. The molecule has 7 aliphatic rings. The fourth-order valence-corrected chi connectivity index (χ4v) is 16.1. The van der Waals surface area contributed by atoms with Crippen LogP contribution in [0.3, 0.4) is 0 Å². The minimum absolute atomic E-state index is 0.0893. The molecular formula is C83H69N3. The van der Waals surface area contributed by atoms with Crippen LogP contribution >= 0.6 is 0 Å². The van der Waals surface area contributed by atoms with Gasteiger partial charge >= 0.3 is 0 Å². The molecule has 4 unspecified atom stereocenters. The minimum Gasteiger partial charge on any atom is -0.312 e. The van der Waals surface area contributed by atoms with E-state index in [1.807, 2.05) is 6.08 Å². The van der Waals surface area contributed by atoms with Crippen molar-refractivity contribution in [3.63, 3.8) is 0 Å². The highest BCUT2D eigenvalue weighted by molar-refractivity contribution is 6.10. The van der Waals surface area contributed by atoms with Crippen LogP contribution < -0.4 is 15.3 Å². The summed E-state index contributed by atoms with van der Waals surface area (Å²) in [5.74, 6) is 1.15. The predicted molar refractivity (Wildman–Crippen MR) is 361 cm³/mol. The maximum Gasteiger partial charge on any atom is 0.0575 e. The van der Waals surface area contributed by atoms with Crippen LogP contribution in [0.4, 0.5) is 11.4 Å². The molecule has 0 radical (unpaired) electrons. The van der Waals surface area contributed by atoms with Gasteiger partial charge in [0.2, 0.25) is 0 Å². The Bertz CT molecular complexity index is 4800. The number of hydrogen-bond acceptors (Lipinski definition) is 2. The molecule has 86 heavy (non-hydrogen) atoms. The summed E-state index contributed by atoms with van der Waals surface area (Å²) in [7, 11) is 0. The van der Waals surface area contributed by atoms with E-state index < -0.39 is 0 Å². The molecule has 9 aromatic rings. The number of allylic oxidation sites excluding steroid dienone is 15. The Kier molecular flexibility index (Phi) is 12.0. The van der Waals surface area contributed by atoms with Gasteiger partial charge < -0.3 is 14.4 Å². The molecular weight excluding hydrogens is 1040 g/mol. The first-order valence-corrected chi connectivity index (χ1v) is 30.9. The normalized spacial score (nSPS) is 20.8. The lowest BCUT2D eigenvalue weighted by Crippen LogP contribution is -2.38. The van der Waals surface area contributed by atoms with Crippen molar-refractivity contribution in [3.8, 4) is 27.9 Å². The van der Waals surface area contributed by atoms with Gasteiger partial charge in [-0.25, -0.2) is 0 Å². The maximum atomic E-state index is 4.08. The summed E-state index contributed by atoms with van der Waals surface area (Å²) in [5, 5.41) is 5.09. The van der Waals surface area contributed by atoms with Crippen LogP contribution in [0.25, 0.3) is 67.2 Å². The lowest BCUT2D eigenvalue weighted by Gasteiger charge is -2.33. The summed E-state index contributed by atoms with van der Waals surface area (Å²) in [6.45, 7) is 16.0. The Hall–Kier alpha value is -9.70. The Morgan fingerprint density at radius 3 is 2.13 bits per heavy atom. The van der Waals surface area contributed by atoms with E-state index in [9.17, 15) is 0 Å². The van der Waals surface area contributed by atoms with Gasteiger partial charge in [-0.1, -0.05) is 240 Å². The van der Waals surface area contributed by atoms with Crippen molar-refractivity contribution in [1.82, 2.24) is 9.47 Å². The first-order chi connectivity index (χ1) is 42.1. The standard InChI is InChI=1S/C83H69N3/c1-7-9-23-53(8-2)79-71-46-45-64-63(32-22-33-70(64)81(71)86(80(79)55-25-12-10-13-26-55)59-38-36-54-24-16-17-27-56(54)48-59)57-37-42-66-68-44-40-62(52-76(68)83(5,6)74(66)49-57)84(61-39-43-67-65-30-18-20-34-73(65)82(3,4)75(67)51-61)60-41-47-78-72(50-60)69-31-19-21-35-77(69)85(78)58-28-14-11-15-29-58/h7-42,44-45,47-52,54,56,67,71H,1,43,46H2,2-6H3/b23-9-,53-8+. The van der Waals surface area contributed by atoms with Crippen molar-refractivity contribution in [1.29, 1.82) is 0 Å². The van der Waals surface area contributed by atoms with E-state index >= 15 is 0 Å². The van der Waals surface area contributed by atoms with E-state index in [2.05, 4.69) is 317 Å². The first kappa shape index (κ1) is 51.9.